The molecule has 8 aromatic rings. The van der Waals surface area contributed by atoms with Crippen LogP contribution >= 0.6 is 0 Å². The summed E-state index contributed by atoms with van der Waals surface area (Å²) in [6.45, 7) is 9.42. The predicted octanol–water partition coefficient (Wildman–Crippen LogP) is 4.80. The Kier molecular flexibility index (Phi) is 7.37. The first-order valence-electron chi connectivity index (χ1n) is 19.9. The van der Waals surface area contributed by atoms with Gasteiger partial charge >= 0.3 is 0 Å². The van der Waals surface area contributed by atoms with Crippen molar-refractivity contribution in [2.45, 2.75) is 27.7 Å². The van der Waals surface area contributed by atoms with Crippen LogP contribution in [-0.4, -0.2) is 26.5 Å². The van der Waals surface area contributed by atoms with E-state index in [0.29, 0.717) is 0 Å². The largest absolute Gasteiger partial charge is 0.313 e. The van der Waals surface area contributed by atoms with Gasteiger partial charge < -0.3 is 4.90 Å². The van der Waals surface area contributed by atoms with E-state index >= 15 is 0 Å². The van der Waals surface area contributed by atoms with Gasteiger partial charge in [0.15, 0.2) is 8.07 Å². The Bertz CT molecular complexity index is 2750. The highest BCUT2D eigenvalue weighted by Gasteiger charge is 2.49. The molecule has 0 spiro atoms. The second-order valence-electron chi connectivity index (χ2n) is 16.1. The topological polar surface area (TPSA) is 16.1 Å². The molecule has 2 nitrogen and oxygen atoms in total. The maximum atomic E-state index is 4.78. The molecular formula is C51H40B2N2Si. The summed E-state index contributed by atoms with van der Waals surface area (Å²) in [5, 5.41) is 5.36. The van der Waals surface area contributed by atoms with Crippen LogP contribution in [-0.2, 0) is 0 Å². The zero-order valence-corrected chi connectivity index (χ0v) is 33.2. The maximum absolute atomic E-state index is 4.78. The van der Waals surface area contributed by atoms with Crippen LogP contribution in [0.5, 0.6) is 0 Å². The highest BCUT2D eigenvalue weighted by molar-refractivity contribution is 7.20. The molecule has 1 aromatic heterocycles. The van der Waals surface area contributed by atoms with E-state index in [1.165, 1.54) is 104 Å². The minimum atomic E-state index is -2.86. The van der Waals surface area contributed by atoms with Crippen molar-refractivity contribution in [2.24, 2.45) is 0 Å². The van der Waals surface area contributed by atoms with E-state index < -0.39 is 8.07 Å². The summed E-state index contributed by atoms with van der Waals surface area (Å²) in [6, 6.07) is 60.3. The molecule has 5 heteroatoms. The SMILES string of the molecule is Cc1cc(C)c(B2c3cc([Si](c4ccccc4)(c4ccccc4)c4cccnc4)ccc3N3c4cccc5c4B(c4ccccc4-5)c4cc(C)cc2c43)c(C)c1. The van der Waals surface area contributed by atoms with Crippen molar-refractivity contribution in [2.75, 3.05) is 4.90 Å². The second kappa shape index (κ2) is 12.4. The average Bonchev–Trinajstić information content (AvgIpc) is 3.56. The molecule has 4 heterocycles. The van der Waals surface area contributed by atoms with Gasteiger partial charge in [0, 0.05) is 29.5 Å². The Morgan fingerprint density at radius 2 is 1.05 bits per heavy atom. The van der Waals surface area contributed by atoms with Crippen molar-refractivity contribution < 1.29 is 0 Å². The normalized spacial score (nSPS) is 13.2. The Morgan fingerprint density at radius 1 is 0.446 bits per heavy atom. The van der Waals surface area contributed by atoms with Crippen molar-refractivity contribution in [3.8, 4) is 11.1 Å². The zero-order valence-electron chi connectivity index (χ0n) is 32.2. The van der Waals surface area contributed by atoms with Crippen LogP contribution in [0, 0.1) is 27.7 Å². The molecule has 0 unspecified atom stereocenters. The zero-order chi connectivity index (χ0) is 37.7. The lowest BCUT2D eigenvalue weighted by atomic mass is 9.30. The molecule has 0 aliphatic carbocycles. The first-order chi connectivity index (χ1) is 27.4. The Hall–Kier alpha value is -6.16. The number of pyridine rings is 1. The monoisotopic (exact) mass is 730 g/mol. The number of hydrogen-bond acceptors (Lipinski definition) is 2. The van der Waals surface area contributed by atoms with Gasteiger partial charge in [0.25, 0.3) is 0 Å². The Balaban J connectivity index is 1.28. The van der Waals surface area contributed by atoms with Gasteiger partial charge in [-0.1, -0.05) is 173 Å². The smallest absolute Gasteiger partial charge is 0.248 e. The molecule has 0 fully saturated rings. The number of aryl methyl sites for hydroxylation is 4. The summed E-state index contributed by atoms with van der Waals surface area (Å²) in [6.07, 6.45) is 4.03. The fourth-order valence-electron chi connectivity index (χ4n) is 11.0. The molecule has 0 radical (unpaired) electrons. The van der Waals surface area contributed by atoms with E-state index in [0.717, 1.165) is 0 Å². The van der Waals surface area contributed by atoms with Crippen LogP contribution < -0.4 is 58.4 Å². The molecule has 11 rings (SSSR count). The van der Waals surface area contributed by atoms with Gasteiger partial charge in [-0.15, -0.1) is 0 Å². The summed E-state index contributed by atoms with van der Waals surface area (Å²) >= 11 is 0. The van der Waals surface area contributed by atoms with Crippen LogP contribution in [0.2, 0.25) is 0 Å². The van der Waals surface area contributed by atoms with Crippen LogP contribution in [0.25, 0.3) is 11.1 Å². The van der Waals surface area contributed by atoms with Gasteiger partial charge in [0.1, 0.15) is 0 Å². The van der Waals surface area contributed by atoms with Crippen LogP contribution in [0.1, 0.15) is 22.3 Å². The molecule has 0 bridgehead atoms. The van der Waals surface area contributed by atoms with Crippen LogP contribution in [0.4, 0.5) is 17.1 Å². The Labute approximate surface area is 331 Å². The van der Waals surface area contributed by atoms with Crippen molar-refractivity contribution >= 4 is 92.1 Å². The molecule has 3 aliphatic heterocycles. The number of fused-ring (bicyclic) bond motifs is 7. The van der Waals surface area contributed by atoms with Crippen LogP contribution in [0.3, 0.4) is 0 Å². The molecule has 0 N–H and O–H groups in total. The summed E-state index contributed by atoms with van der Waals surface area (Å²) < 4.78 is 0. The molecule has 0 saturated carbocycles. The summed E-state index contributed by atoms with van der Waals surface area (Å²) in [4.78, 5) is 7.42. The lowest BCUT2D eigenvalue weighted by molar-refractivity contribution is 1.30. The molecule has 0 saturated heterocycles. The number of anilines is 3. The first kappa shape index (κ1) is 33.2. The molecule has 264 valence electrons. The first-order valence-corrected chi connectivity index (χ1v) is 21.9. The average molecular weight is 731 g/mol. The number of hydrogen-bond donors (Lipinski definition) is 0. The molecule has 3 aliphatic rings. The fourth-order valence-corrected chi connectivity index (χ4v) is 15.7. The number of rotatable bonds is 5. The summed E-state index contributed by atoms with van der Waals surface area (Å²) in [7, 11) is -2.86. The molecule has 0 atom stereocenters. The van der Waals surface area contributed by atoms with Crippen molar-refractivity contribution in [1.82, 2.24) is 4.98 Å². The predicted molar refractivity (Wildman–Crippen MR) is 243 cm³/mol. The molecule has 7 aromatic carbocycles. The standard InChI is InChI=1S/C51H40B2N2Si/c1-33-27-35(3)49(36(4)28-33)53-44-31-39(56(37-15-7-5-8-16-37,38-17-9-6-10-18-38)40-19-14-26-54-32-40)24-25-47(44)55-48-23-13-21-42-41-20-11-12-22-43(41)52(50(42)48)45-29-34(2)30-46(53)51(45)55/h5-32H,1-4H3. The van der Waals surface area contributed by atoms with Crippen molar-refractivity contribution in [1.29, 1.82) is 0 Å². The third-order valence-electron chi connectivity index (χ3n) is 12.9. The molecule has 56 heavy (non-hydrogen) atoms. The fraction of sp³-hybridized carbons (Fsp3) is 0.0784. The third kappa shape index (κ3) is 4.55. The Morgan fingerprint density at radius 3 is 1.73 bits per heavy atom. The minimum Gasteiger partial charge on any atom is -0.313 e. The van der Waals surface area contributed by atoms with Gasteiger partial charge in [-0.05, 0) is 99.6 Å². The maximum Gasteiger partial charge on any atom is 0.248 e. The van der Waals surface area contributed by atoms with E-state index in [-0.39, 0.29) is 13.4 Å². The van der Waals surface area contributed by atoms with Gasteiger partial charge in [0.2, 0.25) is 13.4 Å². The van der Waals surface area contributed by atoms with Gasteiger partial charge in [-0.2, -0.15) is 0 Å². The third-order valence-corrected chi connectivity index (χ3v) is 17.6. The van der Waals surface area contributed by atoms with Crippen LogP contribution in [0.15, 0.2) is 170 Å². The quantitative estimate of drug-likeness (QED) is 0.187. The van der Waals surface area contributed by atoms with E-state index in [9.17, 15) is 0 Å². The summed E-state index contributed by atoms with van der Waals surface area (Å²) in [5.74, 6) is 0. The number of aromatic nitrogens is 1. The van der Waals surface area contributed by atoms with Gasteiger partial charge in [0.05, 0.1) is 0 Å². The lowest BCUT2D eigenvalue weighted by Crippen LogP contribution is -2.75. The van der Waals surface area contributed by atoms with Gasteiger partial charge in [-0.25, -0.2) is 0 Å². The number of benzene rings is 7. The van der Waals surface area contributed by atoms with E-state index in [2.05, 4.69) is 197 Å². The molecular weight excluding hydrogens is 690 g/mol. The van der Waals surface area contributed by atoms with E-state index in [4.69, 9.17) is 4.98 Å². The summed E-state index contributed by atoms with van der Waals surface area (Å²) in [5.41, 5.74) is 20.4. The number of nitrogens with zero attached hydrogens (tertiary/aromatic N) is 2. The molecule has 0 amide bonds. The highest BCUT2D eigenvalue weighted by Crippen LogP contribution is 2.41. The minimum absolute atomic E-state index is 0.0453. The lowest BCUT2D eigenvalue weighted by Gasteiger charge is -2.44. The van der Waals surface area contributed by atoms with E-state index in [1.807, 2.05) is 6.20 Å². The second-order valence-corrected chi connectivity index (χ2v) is 19.9. The highest BCUT2D eigenvalue weighted by atomic mass is 28.3. The van der Waals surface area contributed by atoms with Crippen molar-refractivity contribution in [3.63, 3.8) is 0 Å². The van der Waals surface area contributed by atoms with Gasteiger partial charge in [-0.3, -0.25) is 4.98 Å². The van der Waals surface area contributed by atoms with E-state index in [1.54, 1.807) is 0 Å². The van der Waals surface area contributed by atoms with Crippen molar-refractivity contribution in [3.05, 3.63) is 192 Å².